The minimum atomic E-state index is 0.701. The first kappa shape index (κ1) is 8.53. The molecule has 15 heavy (non-hydrogen) atoms. The summed E-state index contributed by atoms with van der Waals surface area (Å²) in [4.78, 5) is 0. The van der Waals surface area contributed by atoms with Crippen LogP contribution in [-0.2, 0) is 0 Å². The summed E-state index contributed by atoms with van der Waals surface area (Å²) in [6.45, 7) is 0. The van der Waals surface area contributed by atoms with Gasteiger partial charge in [0.05, 0.1) is 11.4 Å². The van der Waals surface area contributed by atoms with Gasteiger partial charge in [-0.1, -0.05) is 6.07 Å². The normalized spacial score (nSPS) is 15.5. The Balaban J connectivity index is 1.97. The molecule has 0 spiro atoms. The summed E-state index contributed by atoms with van der Waals surface area (Å²) in [5.74, 6) is 0.701. The number of rotatable bonds is 2. The van der Waals surface area contributed by atoms with E-state index in [9.17, 15) is 0 Å². The molecular formula is C12H13N3. The van der Waals surface area contributed by atoms with Gasteiger partial charge in [-0.05, 0) is 37.1 Å². The summed E-state index contributed by atoms with van der Waals surface area (Å²) < 4.78 is 1.89. The second-order valence-corrected chi connectivity index (χ2v) is 4.05. The third kappa shape index (κ3) is 1.61. The average molecular weight is 199 g/mol. The Morgan fingerprint density at radius 2 is 2.13 bits per heavy atom. The van der Waals surface area contributed by atoms with E-state index in [0.717, 1.165) is 11.4 Å². The lowest BCUT2D eigenvalue weighted by Crippen LogP contribution is -1.96. The van der Waals surface area contributed by atoms with Gasteiger partial charge < -0.3 is 5.73 Å². The van der Waals surface area contributed by atoms with Crippen LogP contribution in [0.1, 0.15) is 24.5 Å². The molecule has 1 aliphatic carbocycles. The number of hydrogen-bond acceptors (Lipinski definition) is 2. The van der Waals surface area contributed by atoms with Gasteiger partial charge in [-0.3, -0.25) is 0 Å². The molecule has 0 unspecified atom stereocenters. The summed E-state index contributed by atoms with van der Waals surface area (Å²) in [5.41, 5.74) is 8.74. The van der Waals surface area contributed by atoms with E-state index in [0.29, 0.717) is 5.92 Å². The van der Waals surface area contributed by atoms with Crippen molar-refractivity contribution in [3.8, 4) is 5.69 Å². The molecule has 0 amide bonds. The minimum absolute atomic E-state index is 0.701. The third-order valence-electron chi connectivity index (χ3n) is 2.74. The molecule has 0 bridgehead atoms. The minimum Gasteiger partial charge on any atom is -0.399 e. The van der Waals surface area contributed by atoms with Crippen LogP contribution in [-0.4, -0.2) is 9.78 Å². The van der Waals surface area contributed by atoms with Crippen molar-refractivity contribution in [2.45, 2.75) is 18.8 Å². The van der Waals surface area contributed by atoms with Gasteiger partial charge in [0.15, 0.2) is 0 Å². The van der Waals surface area contributed by atoms with Gasteiger partial charge in [-0.25, -0.2) is 4.68 Å². The molecule has 1 fully saturated rings. The molecule has 76 valence electrons. The van der Waals surface area contributed by atoms with Crippen molar-refractivity contribution in [1.29, 1.82) is 0 Å². The Bertz CT molecular complexity index is 483. The molecule has 1 saturated carbocycles. The van der Waals surface area contributed by atoms with Crippen molar-refractivity contribution in [3.63, 3.8) is 0 Å². The second kappa shape index (κ2) is 3.12. The van der Waals surface area contributed by atoms with Gasteiger partial charge in [-0.15, -0.1) is 0 Å². The maximum absolute atomic E-state index is 5.73. The molecule has 0 atom stereocenters. The van der Waals surface area contributed by atoms with E-state index < -0.39 is 0 Å². The van der Waals surface area contributed by atoms with Crippen LogP contribution in [0.4, 0.5) is 5.69 Å². The molecule has 3 nitrogen and oxygen atoms in total. The first-order valence-corrected chi connectivity index (χ1v) is 5.24. The fourth-order valence-electron chi connectivity index (χ4n) is 1.75. The van der Waals surface area contributed by atoms with Crippen LogP contribution >= 0.6 is 0 Å². The Labute approximate surface area is 88.5 Å². The van der Waals surface area contributed by atoms with Crippen molar-refractivity contribution in [2.75, 3.05) is 5.73 Å². The molecule has 3 heteroatoms. The number of aromatic nitrogens is 2. The standard InChI is InChI=1S/C12H13N3/c13-10-2-1-3-11(8-10)15-7-6-12(14-15)9-4-5-9/h1-3,6-9H,4-5,13H2. The first-order valence-electron chi connectivity index (χ1n) is 5.24. The summed E-state index contributed by atoms with van der Waals surface area (Å²) in [5, 5.41) is 4.54. The molecule has 0 saturated heterocycles. The monoisotopic (exact) mass is 199 g/mol. The number of anilines is 1. The number of nitrogens with zero attached hydrogens (tertiary/aromatic N) is 2. The van der Waals surface area contributed by atoms with Crippen LogP contribution in [0.25, 0.3) is 5.69 Å². The Morgan fingerprint density at radius 1 is 1.27 bits per heavy atom. The number of nitrogen functional groups attached to an aromatic ring is 1. The van der Waals surface area contributed by atoms with Crippen LogP contribution in [0.2, 0.25) is 0 Å². The molecule has 1 aromatic carbocycles. The van der Waals surface area contributed by atoms with Crippen LogP contribution in [0.3, 0.4) is 0 Å². The van der Waals surface area contributed by atoms with Crippen LogP contribution in [0.15, 0.2) is 36.5 Å². The molecule has 3 rings (SSSR count). The van der Waals surface area contributed by atoms with Crippen molar-refractivity contribution in [2.24, 2.45) is 0 Å². The summed E-state index contributed by atoms with van der Waals surface area (Å²) in [6, 6.07) is 9.88. The topological polar surface area (TPSA) is 43.8 Å². The second-order valence-electron chi connectivity index (χ2n) is 4.05. The van der Waals surface area contributed by atoms with E-state index in [1.165, 1.54) is 18.5 Å². The summed E-state index contributed by atoms with van der Waals surface area (Å²) >= 11 is 0. The zero-order valence-corrected chi connectivity index (χ0v) is 8.43. The van der Waals surface area contributed by atoms with Crippen LogP contribution in [0, 0.1) is 0 Å². The highest BCUT2D eigenvalue weighted by Crippen LogP contribution is 2.39. The fourth-order valence-corrected chi connectivity index (χ4v) is 1.75. The highest BCUT2D eigenvalue weighted by Gasteiger charge is 2.25. The molecule has 2 aromatic rings. The van der Waals surface area contributed by atoms with Crippen LogP contribution < -0.4 is 5.73 Å². The lowest BCUT2D eigenvalue weighted by molar-refractivity contribution is 0.838. The van der Waals surface area contributed by atoms with E-state index in [-0.39, 0.29) is 0 Å². The first-order chi connectivity index (χ1) is 7.33. The molecule has 1 aromatic heterocycles. The maximum Gasteiger partial charge on any atom is 0.0666 e. The highest BCUT2D eigenvalue weighted by atomic mass is 15.3. The van der Waals surface area contributed by atoms with Gasteiger partial charge in [-0.2, -0.15) is 5.10 Å². The Hall–Kier alpha value is -1.77. The number of benzene rings is 1. The molecule has 0 radical (unpaired) electrons. The quantitative estimate of drug-likeness (QED) is 0.754. The highest BCUT2D eigenvalue weighted by molar-refractivity contribution is 5.47. The van der Waals surface area contributed by atoms with Crippen molar-refractivity contribution in [3.05, 3.63) is 42.2 Å². The Morgan fingerprint density at radius 3 is 2.87 bits per heavy atom. The van der Waals surface area contributed by atoms with Gasteiger partial charge >= 0.3 is 0 Å². The van der Waals surface area contributed by atoms with Crippen LogP contribution in [0.5, 0.6) is 0 Å². The van der Waals surface area contributed by atoms with E-state index in [1.54, 1.807) is 0 Å². The van der Waals surface area contributed by atoms with Crippen molar-refractivity contribution < 1.29 is 0 Å². The van der Waals surface area contributed by atoms with E-state index in [1.807, 2.05) is 35.1 Å². The molecule has 1 heterocycles. The molecule has 2 N–H and O–H groups in total. The summed E-state index contributed by atoms with van der Waals surface area (Å²) in [6.07, 6.45) is 4.57. The zero-order valence-electron chi connectivity index (χ0n) is 8.43. The van der Waals surface area contributed by atoms with E-state index >= 15 is 0 Å². The summed E-state index contributed by atoms with van der Waals surface area (Å²) in [7, 11) is 0. The van der Waals surface area contributed by atoms with E-state index in [2.05, 4.69) is 11.2 Å². The van der Waals surface area contributed by atoms with Gasteiger partial charge in [0.2, 0.25) is 0 Å². The Kier molecular flexibility index (Phi) is 1.78. The predicted octanol–water partition coefficient (Wildman–Crippen LogP) is 2.33. The van der Waals surface area contributed by atoms with Gasteiger partial charge in [0, 0.05) is 17.8 Å². The number of hydrogen-bond donors (Lipinski definition) is 1. The maximum atomic E-state index is 5.73. The van der Waals surface area contributed by atoms with Gasteiger partial charge in [0.25, 0.3) is 0 Å². The average Bonchev–Trinajstić information content (AvgIpc) is 2.97. The SMILES string of the molecule is Nc1cccc(-n2ccc(C3CC3)n2)c1. The smallest absolute Gasteiger partial charge is 0.0666 e. The fraction of sp³-hybridized carbons (Fsp3) is 0.250. The molecule has 1 aliphatic rings. The zero-order chi connectivity index (χ0) is 10.3. The van der Waals surface area contributed by atoms with E-state index in [4.69, 9.17) is 5.73 Å². The lowest BCUT2D eigenvalue weighted by Gasteiger charge is -2.01. The lowest BCUT2D eigenvalue weighted by atomic mass is 10.3. The largest absolute Gasteiger partial charge is 0.399 e. The van der Waals surface area contributed by atoms with Crippen molar-refractivity contribution in [1.82, 2.24) is 9.78 Å². The molecular weight excluding hydrogens is 186 g/mol. The predicted molar refractivity (Wildman–Crippen MR) is 60.0 cm³/mol. The van der Waals surface area contributed by atoms with Gasteiger partial charge in [0.1, 0.15) is 0 Å². The van der Waals surface area contributed by atoms with Crippen molar-refractivity contribution >= 4 is 5.69 Å². The number of nitrogens with two attached hydrogens (primary N) is 1. The third-order valence-corrected chi connectivity index (χ3v) is 2.74. The molecule has 0 aliphatic heterocycles.